The number of aryl methyl sites for hydroxylation is 1. The van der Waals surface area contributed by atoms with Crippen LogP contribution in [0.2, 0.25) is 0 Å². The van der Waals surface area contributed by atoms with E-state index in [1.54, 1.807) is 0 Å². The van der Waals surface area contributed by atoms with E-state index in [0.29, 0.717) is 18.9 Å². The smallest absolute Gasteiger partial charge is 0.250 e. The van der Waals surface area contributed by atoms with Crippen molar-refractivity contribution < 1.29 is 19.4 Å². The Labute approximate surface area is 124 Å². The number of carbonyl (C=O) groups excluding carboxylic acids is 1. The van der Waals surface area contributed by atoms with E-state index in [0.717, 1.165) is 12.1 Å². The molecule has 1 amide bonds. The quantitative estimate of drug-likeness (QED) is 0.679. The lowest BCUT2D eigenvalue weighted by molar-refractivity contribution is -0.134. The van der Waals surface area contributed by atoms with E-state index in [1.807, 2.05) is 31.2 Å². The van der Waals surface area contributed by atoms with Gasteiger partial charge < -0.3 is 25.2 Å². The molecule has 1 fully saturated rings. The number of nitrogens with one attached hydrogen (secondary N) is 2. The number of ether oxygens (including phenoxy) is 2. The van der Waals surface area contributed by atoms with Gasteiger partial charge in [-0.25, -0.2) is 0 Å². The summed E-state index contributed by atoms with van der Waals surface area (Å²) in [6.07, 6.45) is -1.24. The lowest BCUT2D eigenvalue weighted by atomic mass is 10.2. The third-order valence-electron chi connectivity index (χ3n) is 3.16. The van der Waals surface area contributed by atoms with Crippen LogP contribution in [0.5, 0.6) is 5.75 Å². The van der Waals surface area contributed by atoms with E-state index in [4.69, 9.17) is 9.47 Å². The van der Waals surface area contributed by atoms with Gasteiger partial charge in [-0.05, 0) is 24.6 Å². The van der Waals surface area contributed by atoms with E-state index in [9.17, 15) is 9.90 Å². The predicted molar refractivity (Wildman–Crippen MR) is 78.3 cm³/mol. The van der Waals surface area contributed by atoms with Crippen LogP contribution in [0.4, 0.5) is 0 Å². The van der Waals surface area contributed by atoms with Gasteiger partial charge in [0, 0.05) is 19.6 Å². The first-order valence-electron chi connectivity index (χ1n) is 7.12. The Morgan fingerprint density at radius 2 is 2.48 bits per heavy atom. The molecule has 21 heavy (non-hydrogen) atoms. The third-order valence-corrected chi connectivity index (χ3v) is 3.16. The van der Waals surface area contributed by atoms with Crippen molar-refractivity contribution in [1.29, 1.82) is 0 Å². The molecule has 0 bridgehead atoms. The first-order valence-corrected chi connectivity index (χ1v) is 7.12. The summed E-state index contributed by atoms with van der Waals surface area (Å²) in [6, 6.07) is 7.60. The first kappa shape index (κ1) is 15.8. The fourth-order valence-electron chi connectivity index (χ4n) is 2.02. The van der Waals surface area contributed by atoms with Gasteiger partial charge >= 0.3 is 0 Å². The molecule has 1 aromatic carbocycles. The third kappa shape index (κ3) is 5.34. The van der Waals surface area contributed by atoms with Crippen molar-refractivity contribution in [2.45, 2.75) is 19.1 Å². The summed E-state index contributed by atoms with van der Waals surface area (Å²) in [5, 5.41) is 15.6. The van der Waals surface area contributed by atoms with Crippen molar-refractivity contribution in [3.05, 3.63) is 29.8 Å². The molecule has 6 nitrogen and oxygen atoms in total. The summed E-state index contributed by atoms with van der Waals surface area (Å²) in [6.45, 7) is 4.04. The standard InChI is InChI=1S/C15H22N2O4/c1-11-3-2-4-13(7-11)21-10-12(18)8-17-15(19)14-9-16-5-6-20-14/h2-4,7,12,14,16,18H,5-6,8-10H2,1H3,(H,17,19). The second-order valence-corrected chi connectivity index (χ2v) is 5.09. The van der Waals surface area contributed by atoms with Crippen LogP contribution in [0.3, 0.4) is 0 Å². The van der Waals surface area contributed by atoms with Gasteiger partial charge in [-0.2, -0.15) is 0 Å². The van der Waals surface area contributed by atoms with Crippen LogP contribution >= 0.6 is 0 Å². The van der Waals surface area contributed by atoms with E-state index < -0.39 is 12.2 Å². The Morgan fingerprint density at radius 1 is 1.62 bits per heavy atom. The minimum absolute atomic E-state index is 0.132. The lowest BCUT2D eigenvalue weighted by Gasteiger charge is -2.23. The van der Waals surface area contributed by atoms with Crippen molar-refractivity contribution >= 4 is 5.91 Å². The van der Waals surface area contributed by atoms with Crippen LogP contribution < -0.4 is 15.4 Å². The highest BCUT2D eigenvalue weighted by atomic mass is 16.5. The molecule has 1 heterocycles. The minimum Gasteiger partial charge on any atom is -0.491 e. The number of rotatable bonds is 6. The molecule has 0 aliphatic carbocycles. The van der Waals surface area contributed by atoms with Crippen molar-refractivity contribution in [3.8, 4) is 5.75 Å². The van der Waals surface area contributed by atoms with Crippen molar-refractivity contribution in [1.82, 2.24) is 10.6 Å². The summed E-state index contributed by atoms with van der Waals surface area (Å²) < 4.78 is 10.8. The van der Waals surface area contributed by atoms with Gasteiger partial charge in [-0.1, -0.05) is 12.1 Å². The zero-order chi connectivity index (χ0) is 15.1. The van der Waals surface area contributed by atoms with Crippen LogP contribution in [0.1, 0.15) is 5.56 Å². The number of hydrogen-bond donors (Lipinski definition) is 3. The van der Waals surface area contributed by atoms with Crippen LogP contribution in [-0.4, -0.2) is 56.1 Å². The second kappa shape index (κ2) is 7.97. The number of hydrogen-bond acceptors (Lipinski definition) is 5. The van der Waals surface area contributed by atoms with Gasteiger partial charge in [0.05, 0.1) is 6.61 Å². The fraction of sp³-hybridized carbons (Fsp3) is 0.533. The van der Waals surface area contributed by atoms with E-state index in [2.05, 4.69) is 10.6 Å². The van der Waals surface area contributed by atoms with Gasteiger partial charge in [0.2, 0.25) is 0 Å². The summed E-state index contributed by atoms with van der Waals surface area (Å²) in [5.41, 5.74) is 1.09. The minimum atomic E-state index is -0.758. The van der Waals surface area contributed by atoms with Crippen molar-refractivity contribution in [2.24, 2.45) is 0 Å². The van der Waals surface area contributed by atoms with Gasteiger partial charge in [0.15, 0.2) is 0 Å². The molecule has 6 heteroatoms. The Hall–Kier alpha value is -1.63. The number of carbonyl (C=O) groups is 1. The highest BCUT2D eigenvalue weighted by Gasteiger charge is 2.21. The maximum atomic E-state index is 11.8. The van der Waals surface area contributed by atoms with Crippen molar-refractivity contribution in [2.75, 3.05) is 32.8 Å². The maximum absolute atomic E-state index is 11.8. The highest BCUT2D eigenvalue weighted by molar-refractivity contribution is 5.81. The lowest BCUT2D eigenvalue weighted by Crippen LogP contribution is -2.49. The van der Waals surface area contributed by atoms with Crippen molar-refractivity contribution in [3.63, 3.8) is 0 Å². The molecule has 0 radical (unpaired) electrons. The zero-order valence-electron chi connectivity index (χ0n) is 12.2. The highest BCUT2D eigenvalue weighted by Crippen LogP contribution is 2.12. The molecule has 2 atom stereocenters. The van der Waals surface area contributed by atoms with Gasteiger partial charge in [-0.3, -0.25) is 4.79 Å². The molecule has 0 spiro atoms. The molecule has 116 valence electrons. The molecule has 2 unspecified atom stereocenters. The Balaban J connectivity index is 1.67. The monoisotopic (exact) mass is 294 g/mol. The number of aliphatic hydroxyl groups is 1. The average molecular weight is 294 g/mol. The molecule has 1 aliphatic rings. The maximum Gasteiger partial charge on any atom is 0.250 e. The number of morpholine rings is 1. The molecule has 0 saturated carbocycles. The molecular formula is C15H22N2O4. The second-order valence-electron chi connectivity index (χ2n) is 5.09. The topological polar surface area (TPSA) is 79.8 Å². The van der Waals surface area contributed by atoms with Crippen LogP contribution in [-0.2, 0) is 9.53 Å². The Kier molecular flexibility index (Phi) is 5.98. The summed E-state index contributed by atoms with van der Waals surface area (Å²) in [4.78, 5) is 11.8. The molecule has 1 aliphatic heterocycles. The molecule has 0 aromatic heterocycles. The summed E-state index contributed by atoms with van der Waals surface area (Å²) in [5.74, 6) is 0.497. The molecular weight excluding hydrogens is 272 g/mol. The first-order chi connectivity index (χ1) is 10.1. The normalized spacial score (nSPS) is 19.8. The van der Waals surface area contributed by atoms with Crippen LogP contribution in [0.25, 0.3) is 0 Å². The summed E-state index contributed by atoms with van der Waals surface area (Å²) >= 11 is 0. The largest absolute Gasteiger partial charge is 0.491 e. The SMILES string of the molecule is Cc1cccc(OCC(O)CNC(=O)C2CNCCO2)c1. The molecule has 3 N–H and O–H groups in total. The van der Waals surface area contributed by atoms with Crippen LogP contribution in [0.15, 0.2) is 24.3 Å². The summed E-state index contributed by atoms with van der Waals surface area (Å²) in [7, 11) is 0. The molecule has 1 saturated heterocycles. The number of benzene rings is 1. The predicted octanol–water partition coefficient (Wildman–Crippen LogP) is -0.161. The van der Waals surface area contributed by atoms with E-state index in [-0.39, 0.29) is 19.1 Å². The average Bonchev–Trinajstić information content (AvgIpc) is 2.51. The van der Waals surface area contributed by atoms with E-state index >= 15 is 0 Å². The molecule has 2 rings (SSSR count). The number of aliphatic hydroxyl groups excluding tert-OH is 1. The number of amides is 1. The van der Waals surface area contributed by atoms with Gasteiger partial charge in [0.25, 0.3) is 5.91 Å². The van der Waals surface area contributed by atoms with Gasteiger partial charge in [-0.15, -0.1) is 0 Å². The fourth-order valence-corrected chi connectivity index (χ4v) is 2.02. The van der Waals surface area contributed by atoms with Gasteiger partial charge in [0.1, 0.15) is 24.6 Å². The zero-order valence-corrected chi connectivity index (χ0v) is 12.2. The molecule has 1 aromatic rings. The van der Waals surface area contributed by atoms with E-state index in [1.165, 1.54) is 0 Å². The Bertz CT molecular complexity index is 461. The van der Waals surface area contributed by atoms with Crippen LogP contribution in [0, 0.1) is 6.92 Å². The Morgan fingerprint density at radius 3 is 3.19 bits per heavy atom.